The number of nitrogen functional groups attached to an aromatic ring is 1. The van der Waals surface area contributed by atoms with Crippen LogP contribution in [0.2, 0.25) is 0 Å². The van der Waals surface area contributed by atoms with Crippen LogP contribution in [0.15, 0.2) is 54.6 Å². The van der Waals surface area contributed by atoms with Crippen molar-refractivity contribution in [2.24, 2.45) is 0 Å². The lowest BCUT2D eigenvalue weighted by Gasteiger charge is -2.32. The molecule has 0 saturated carbocycles. The van der Waals surface area contributed by atoms with Gasteiger partial charge in [-0.2, -0.15) is 4.98 Å². The highest BCUT2D eigenvalue weighted by molar-refractivity contribution is 5.94. The number of benzene rings is 2. The number of carbonyl (C=O) groups is 1. The number of phenols is 1. The summed E-state index contributed by atoms with van der Waals surface area (Å²) in [6, 6.07) is 16.4. The molecule has 1 saturated heterocycles. The van der Waals surface area contributed by atoms with Crippen LogP contribution < -0.4 is 11.1 Å². The van der Waals surface area contributed by atoms with Gasteiger partial charge in [0, 0.05) is 49.9 Å². The molecule has 0 atom stereocenters. The highest BCUT2D eigenvalue weighted by Gasteiger charge is 2.20. The van der Waals surface area contributed by atoms with Gasteiger partial charge < -0.3 is 26.0 Å². The van der Waals surface area contributed by atoms with Crippen molar-refractivity contribution in [3.8, 4) is 17.0 Å². The lowest BCUT2D eigenvalue weighted by atomic mass is 10.1. The Bertz CT molecular complexity index is 1060. The third kappa shape index (κ3) is 5.33. The summed E-state index contributed by atoms with van der Waals surface area (Å²) in [7, 11) is 2.07. The zero-order valence-corrected chi connectivity index (χ0v) is 18.2. The van der Waals surface area contributed by atoms with Gasteiger partial charge in [-0.25, -0.2) is 4.98 Å². The Balaban J connectivity index is 1.41. The predicted octanol–water partition coefficient (Wildman–Crippen LogP) is 2.47. The zero-order valence-electron chi connectivity index (χ0n) is 18.2. The molecule has 8 heteroatoms. The van der Waals surface area contributed by atoms with Crippen LogP contribution in [0.25, 0.3) is 11.3 Å². The number of carbonyl (C=O) groups excluding carboxylic acids is 1. The van der Waals surface area contributed by atoms with Crippen LogP contribution in [0, 0.1) is 0 Å². The number of anilines is 2. The molecule has 2 heterocycles. The molecule has 4 rings (SSSR count). The smallest absolute Gasteiger partial charge is 0.253 e. The van der Waals surface area contributed by atoms with Crippen molar-refractivity contribution < 1.29 is 9.90 Å². The summed E-state index contributed by atoms with van der Waals surface area (Å²) < 4.78 is 0. The molecule has 1 amide bonds. The fourth-order valence-corrected chi connectivity index (χ4v) is 3.68. The Morgan fingerprint density at radius 1 is 1.03 bits per heavy atom. The number of aromatic nitrogens is 2. The Kier molecular flexibility index (Phi) is 6.51. The van der Waals surface area contributed by atoms with Gasteiger partial charge in [-0.3, -0.25) is 4.79 Å². The molecule has 1 aliphatic heterocycles. The number of amides is 1. The molecule has 8 nitrogen and oxygen atoms in total. The number of rotatable bonds is 6. The number of nitrogens with two attached hydrogens (primary N) is 1. The van der Waals surface area contributed by atoms with E-state index in [1.165, 1.54) is 0 Å². The van der Waals surface area contributed by atoms with Gasteiger partial charge in [0.2, 0.25) is 5.95 Å². The van der Waals surface area contributed by atoms with E-state index in [1.807, 2.05) is 47.4 Å². The monoisotopic (exact) mass is 432 g/mol. The van der Waals surface area contributed by atoms with E-state index in [4.69, 9.17) is 5.73 Å². The Hall–Kier alpha value is -3.65. The summed E-state index contributed by atoms with van der Waals surface area (Å²) in [6.45, 7) is 3.95. The Morgan fingerprint density at radius 3 is 2.41 bits per heavy atom. The van der Waals surface area contributed by atoms with Crippen molar-refractivity contribution in [1.82, 2.24) is 19.8 Å². The largest absolute Gasteiger partial charge is 0.508 e. The molecule has 0 bridgehead atoms. The van der Waals surface area contributed by atoms with Gasteiger partial charge in [-0.15, -0.1) is 0 Å². The lowest BCUT2D eigenvalue weighted by Crippen LogP contribution is -2.47. The van der Waals surface area contributed by atoms with Crippen LogP contribution in [0.1, 0.15) is 15.9 Å². The zero-order chi connectivity index (χ0) is 22.5. The first-order chi connectivity index (χ1) is 15.5. The van der Waals surface area contributed by atoms with E-state index in [2.05, 4.69) is 27.2 Å². The molecule has 166 valence electrons. The van der Waals surface area contributed by atoms with Crippen molar-refractivity contribution >= 4 is 17.7 Å². The minimum absolute atomic E-state index is 0.0587. The first kappa shape index (κ1) is 21.6. The highest BCUT2D eigenvalue weighted by Crippen LogP contribution is 2.22. The third-order valence-corrected chi connectivity index (χ3v) is 5.62. The summed E-state index contributed by atoms with van der Waals surface area (Å²) in [5.74, 6) is 1.14. The van der Waals surface area contributed by atoms with E-state index in [1.54, 1.807) is 12.1 Å². The second-order valence-electron chi connectivity index (χ2n) is 8.01. The number of phenolic OH excluding ortho intramolecular Hbond substituents is 1. The van der Waals surface area contributed by atoms with Gasteiger partial charge in [-0.05, 0) is 43.3 Å². The molecular formula is C24H28N6O2. The number of nitrogens with zero attached hydrogens (tertiary/aromatic N) is 4. The van der Waals surface area contributed by atoms with E-state index in [-0.39, 0.29) is 17.6 Å². The molecule has 0 aliphatic carbocycles. The molecule has 0 spiro atoms. The number of hydrogen-bond acceptors (Lipinski definition) is 7. The van der Waals surface area contributed by atoms with Crippen molar-refractivity contribution in [3.63, 3.8) is 0 Å². The van der Waals surface area contributed by atoms with E-state index >= 15 is 0 Å². The maximum Gasteiger partial charge on any atom is 0.253 e. The fraction of sp³-hybridized carbons (Fsp3) is 0.292. The molecular weight excluding hydrogens is 404 g/mol. The van der Waals surface area contributed by atoms with Crippen molar-refractivity contribution in [2.75, 3.05) is 50.8 Å². The molecule has 1 aromatic heterocycles. The SMILES string of the molecule is CN1CCN(C(=O)c2ccc(-c3cc(NCCc4ccc(O)cc4)nc(N)n3)cc2)CC1. The van der Waals surface area contributed by atoms with Crippen LogP contribution >= 0.6 is 0 Å². The average molecular weight is 433 g/mol. The summed E-state index contributed by atoms with van der Waals surface area (Å²) in [4.78, 5) is 25.5. The third-order valence-electron chi connectivity index (χ3n) is 5.62. The Morgan fingerprint density at radius 2 is 1.72 bits per heavy atom. The summed E-state index contributed by atoms with van der Waals surface area (Å²) in [5.41, 5.74) is 9.28. The normalized spacial score (nSPS) is 14.3. The summed E-state index contributed by atoms with van der Waals surface area (Å²) >= 11 is 0. The van der Waals surface area contributed by atoms with Gasteiger partial charge >= 0.3 is 0 Å². The minimum atomic E-state index is 0.0587. The van der Waals surface area contributed by atoms with Gasteiger partial charge in [0.25, 0.3) is 5.91 Å². The maximum absolute atomic E-state index is 12.8. The molecule has 1 fully saturated rings. The van der Waals surface area contributed by atoms with Crippen LogP contribution in [-0.4, -0.2) is 70.6 Å². The highest BCUT2D eigenvalue weighted by atomic mass is 16.3. The topological polar surface area (TPSA) is 108 Å². The number of nitrogens with one attached hydrogen (secondary N) is 1. The fourth-order valence-electron chi connectivity index (χ4n) is 3.68. The van der Waals surface area contributed by atoms with Gasteiger partial charge in [-0.1, -0.05) is 24.3 Å². The quantitative estimate of drug-likeness (QED) is 0.549. The first-order valence-electron chi connectivity index (χ1n) is 10.7. The molecule has 32 heavy (non-hydrogen) atoms. The van der Waals surface area contributed by atoms with Crippen LogP contribution in [0.4, 0.5) is 11.8 Å². The van der Waals surface area contributed by atoms with Gasteiger partial charge in [0.15, 0.2) is 0 Å². The van der Waals surface area contributed by atoms with E-state index in [0.29, 0.717) is 23.6 Å². The molecule has 2 aromatic carbocycles. The molecule has 3 aromatic rings. The molecule has 4 N–H and O–H groups in total. The van der Waals surface area contributed by atoms with Crippen LogP contribution in [0.5, 0.6) is 5.75 Å². The molecule has 1 aliphatic rings. The Labute approximate surface area is 187 Å². The van der Waals surface area contributed by atoms with Crippen LogP contribution in [0.3, 0.4) is 0 Å². The second kappa shape index (κ2) is 9.65. The molecule has 0 radical (unpaired) electrons. The second-order valence-corrected chi connectivity index (χ2v) is 8.01. The van der Waals surface area contributed by atoms with Crippen LogP contribution in [-0.2, 0) is 6.42 Å². The minimum Gasteiger partial charge on any atom is -0.508 e. The molecule has 0 unspecified atom stereocenters. The average Bonchev–Trinajstić information content (AvgIpc) is 2.80. The maximum atomic E-state index is 12.8. The predicted molar refractivity (Wildman–Crippen MR) is 126 cm³/mol. The number of aromatic hydroxyl groups is 1. The summed E-state index contributed by atoms with van der Waals surface area (Å²) in [6.07, 6.45) is 0.780. The number of piperazine rings is 1. The van der Waals surface area contributed by atoms with Gasteiger partial charge in [0.05, 0.1) is 5.69 Å². The van der Waals surface area contributed by atoms with E-state index in [9.17, 15) is 9.90 Å². The summed E-state index contributed by atoms with van der Waals surface area (Å²) in [5, 5.41) is 12.7. The van der Waals surface area contributed by atoms with E-state index in [0.717, 1.165) is 43.7 Å². The van der Waals surface area contributed by atoms with Crippen molar-refractivity contribution in [1.29, 1.82) is 0 Å². The lowest BCUT2D eigenvalue weighted by molar-refractivity contribution is 0.0664. The standard InChI is InChI=1S/C24H28N6O2/c1-29-12-14-30(15-13-29)23(32)19-6-4-18(5-7-19)21-16-22(28-24(25)27-21)26-11-10-17-2-8-20(31)9-3-17/h2-9,16,31H,10-15H2,1H3,(H3,25,26,27,28). The van der Waals surface area contributed by atoms with E-state index < -0.39 is 0 Å². The van der Waals surface area contributed by atoms with Crippen molar-refractivity contribution in [2.45, 2.75) is 6.42 Å². The number of hydrogen-bond donors (Lipinski definition) is 3. The van der Waals surface area contributed by atoms with Gasteiger partial charge in [0.1, 0.15) is 11.6 Å². The number of likely N-dealkylation sites (N-methyl/N-ethyl adjacent to an activating group) is 1. The van der Waals surface area contributed by atoms with Crippen molar-refractivity contribution in [3.05, 3.63) is 65.7 Å². The first-order valence-corrected chi connectivity index (χ1v) is 10.7.